The lowest BCUT2D eigenvalue weighted by molar-refractivity contribution is 0.0708. The number of aromatic nitrogens is 4. The highest BCUT2D eigenvalue weighted by Crippen LogP contribution is 2.31. The highest BCUT2D eigenvalue weighted by molar-refractivity contribution is 5.98. The van der Waals surface area contributed by atoms with Gasteiger partial charge in [0.1, 0.15) is 17.0 Å². The Labute approximate surface area is 185 Å². The molecule has 166 valence electrons. The quantitative estimate of drug-likeness (QED) is 0.530. The molecule has 1 fully saturated rings. The molecular weight excluding hydrogens is 407 g/mol. The van der Waals surface area contributed by atoms with Crippen LogP contribution in [0.25, 0.3) is 33.6 Å². The van der Waals surface area contributed by atoms with E-state index in [1.54, 1.807) is 17.2 Å². The molecule has 4 aromatic rings. The number of nitrogens with zero attached hydrogens (tertiary/aromatic N) is 5. The molecule has 1 aliphatic rings. The molecule has 5 rings (SSSR count). The number of likely N-dealkylation sites (tertiary alicyclic amines) is 1. The lowest BCUT2D eigenvalue weighted by Crippen LogP contribution is -2.45. The second kappa shape index (κ2) is 8.02. The number of piperidine rings is 1. The number of hydrogen-bond donors (Lipinski definition) is 1. The Balaban J connectivity index is 1.65. The first-order valence-corrected chi connectivity index (χ1v) is 11.2. The van der Waals surface area contributed by atoms with Crippen LogP contribution in [0.5, 0.6) is 0 Å². The van der Waals surface area contributed by atoms with Crippen LogP contribution in [-0.2, 0) is 13.1 Å². The van der Waals surface area contributed by atoms with Gasteiger partial charge in [-0.15, -0.1) is 0 Å². The van der Waals surface area contributed by atoms with E-state index in [9.17, 15) is 4.79 Å². The monoisotopic (exact) mass is 434 g/mol. The fraction of sp³-hybridized carbons (Fsp3) is 0.375. The average Bonchev–Trinajstić information content (AvgIpc) is 3.36. The Hall–Kier alpha value is -3.26. The number of rotatable bonds is 4. The summed E-state index contributed by atoms with van der Waals surface area (Å²) in [7, 11) is 0. The van der Waals surface area contributed by atoms with Gasteiger partial charge in [-0.3, -0.25) is 4.79 Å². The van der Waals surface area contributed by atoms with Crippen molar-refractivity contribution in [3.8, 4) is 11.5 Å². The highest BCUT2D eigenvalue weighted by Gasteiger charge is 2.25. The van der Waals surface area contributed by atoms with Crippen LogP contribution in [-0.4, -0.2) is 49.0 Å². The maximum atomic E-state index is 15.3. The van der Waals surface area contributed by atoms with E-state index < -0.39 is 5.82 Å². The molecule has 2 N–H and O–H groups in total. The zero-order chi connectivity index (χ0) is 22.4. The number of fused-ring (bicyclic) bond motifs is 2. The molecule has 0 spiro atoms. The molecule has 1 amide bonds. The lowest BCUT2D eigenvalue weighted by Gasteiger charge is -2.30. The van der Waals surface area contributed by atoms with Crippen LogP contribution < -0.4 is 5.73 Å². The van der Waals surface area contributed by atoms with Crippen molar-refractivity contribution >= 4 is 28.0 Å². The Morgan fingerprint density at radius 3 is 2.78 bits per heavy atom. The molecule has 1 unspecified atom stereocenters. The molecule has 3 aromatic heterocycles. The number of hydrogen-bond acceptors (Lipinski definition) is 4. The second-order valence-corrected chi connectivity index (χ2v) is 8.35. The number of pyridine rings is 1. The minimum atomic E-state index is -0.440. The number of halogens is 1. The maximum Gasteiger partial charge on any atom is 0.254 e. The van der Waals surface area contributed by atoms with Crippen LogP contribution in [0.4, 0.5) is 4.39 Å². The van der Waals surface area contributed by atoms with Gasteiger partial charge in [0, 0.05) is 49.4 Å². The van der Waals surface area contributed by atoms with E-state index in [0.717, 1.165) is 29.6 Å². The third-order valence-electron chi connectivity index (χ3n) is 6.30. The zero-order valence-corrected chi connectivity index (χ0v) is 18.4. The van der Waals surface area contributed by atoms with E-state index in [2.05, 4.69) is 16.5 Å². The maximum absolute atomic E-state index is 15.3. The summed E-state index contributed by atoms with van der Waals surface area (Å²) < 4.78 is 19.3. The van der Waals surface area contributed by atoms with Crippen molar-refractivity contribution in [1.29, 1.82) is 0 Å². The van der Waals surface area contributed by atoms with Crippen LogP contribution in [0.3, 0.4) is 0 Å². The van der Waals surface area contributed by atoms with E-state index in [4.69, 9.17) is 10.7 Å². The molecule has 1 saturated heterocycles. The van der Waals surface area contributed by atoms with E-state index in [-0.39, 0.29) is 11.9 Å². The summed E-state index contributed by atoms with van der Waals surface area (Å²) in [5, 5.41) is 1.01. The standard InChI is InChI=1S/C24H27FN6O/c1-3-30-20(13-15-7-5-9-27-22(15)30)23-28-19-12-16(11-18(25)21(19)31(23)4-2)24(32)29-10-6-8-17(26)14-29/h5,7,9,11-13,17H,3-4,6,8,10,14,26H2,1-2H3. The normalized spacial score (nSPS) is 16.9. The second-order valence-electron chi connectivity index (χ2n) is 8.35. The van der Waals surface area contributed by atoms with Crippen molar-refractivity contribution in [2.45, 2.75) is 45.8 Å². The minimum Gasteiger partial charge on any atom is -0.337 e. The molecule has 4 heterocycles. The van der Waals surface area contributed by atoms with E-state index in [1.807, 2.05) is 29.7 Å². The van der Waals surface area contributed by atoms with Crippen molar-refractivity contribution in [3.63, 3.8) is 0 Å². The number of imidazole rings is 1. The molecular formula is C24H27FN6O. The van der Waals surface area contributed by atoms with Crippen molar-refractivity contribution in [2.75, 3.05) is 13.1 Å². The third kappa shape index (κ3) is 3.26. The van der Waals surface area contributed by atoms with E-state index >= 15 is 4.39 Å². The Morgan fingerprint density at radius 2 is 2.03 bits per heavy atom. The van der Waals surface area contributed by atoms with Crippen LogP contribution >= 0.6 is 0 Å². The molecule has 1 aromatic carbocycles. The summed E-state index contributed by atoms with van der Waals surface area (Å²) in [6.45, 7) is 6.42. The Kier molecular flexibility index (Phi) is 5.17. The van der Waals surface area contributed by atoms with Crippen LogP contribution in [0.15, 0.2) is 36.5 Å². The fourth-order valence-corrected chi connectivity index (χ4v) is 4.81. The summed E-state index contributed by atoms with van der Waals surface area (Å²) in [4.78, 5) is 24.1. The summed E-state index contributed by atoms with van der Waals surface area (Å²) in [6.07, 6.45) is 3.54. The lowest BCUT2D eigenvalue weighted by atomic mass is 10.0. The summed E-state index contributed by atoms with van der Waals surface area (Å²) in [5.74, 6) is 0.0382. The minimum absolute atomic E-state index is 0.0308. The van der Waals surface area contributed by atoms with Gasteiger partial charge in [0.05, 0.1) is 11.2 Å². The molecule has 0 bridgehead atoms. The Morgan fingerprint density at radius 1 is 1.22 bits per heavy atom. The molecule has 1 aliphatic heterocycles. The molecule has 0 aliphatic carbocycles. The number of carbonyl (C=O) groups is 1. The number of benzene rings is 1. The van der Waals surface area contributed by atoms with Crippen molar-refractivity contribution in [3.05, 3.63) is 47.9 Å². The van der Waals surface area contributed by atoms with Gasteiger partial charge in [-0.05, 0) is 57.0 Å². The van der Waals surface area contributed by atoms with Crippen molar-refractivity contribution < 1.29 is 9.18 Å². The van der Waals surface area contributed by atoms with Crippen molar-refractivity contribution in [1.82, 2.24) is 24.0 Å². The van der Waals surface area contributed by atoms with Gasteiger partial charge in [0.25, 0.3) is 5.91 Å². The predicted octanol–water partition coefficient (Wildman–Crippen LogP) is 3.80. The van der Waals surface area contributed by atoms with Gasteiger partial charge in [0.15, 0.2) is 5.82 Å². The largest absolute Gasteiger partial charge is 0.337 e. The summed E-state index contributed by atoms with van der Waals surface area (Å²) >= 11 is 0. The van der Waals surface area contributed by atoms with Gasteiger partial charge >= 0.3 is 0 Å². The smallest absolute Gasteiger partial charge is 0.254 e. The first-order chi connectivity index (χ1) is 15.5. The fourth-order valence-electron chi connectivity index (χ4n) is 4.81. The van der Waals surface area contributed by atoms with Gasteiger partial charge in [-0.25, -0.2) is 14.4 Å². The number of amides is 1. The van der Waals surface area contributed by atoms with E-state index in [0.29, 0.717) is 48.6 Å². The molecule has 1 atom stereocenters. The van der Waals surface area contributed by atoms with Gasteiger partial charge in [-0.2, -0.15) is 0 Å². The average molecular weight is 435 g/mol. The van der Waals surface area contributed by atoms with E-state index in [1.165, 1.54) is 6.07 Å². The van der Waals surface area contributed by atoms with Crippen molar-refractivity contribution in [2.24, 2.45) is 5.73 Å². The van der Waals surface area contributed by atoms with Crippen LogP contribution in [0.1, 0.15) is 37.0 Å². The topological polar surface area (TPSA) is 82.0 Å². The number of carbonyl (C=O) groups excluding carboxylic acids is 1. The van der Waals surface area contributed by atoms with Gasteiger partial charge in [-0.1, -0.05) is 0 Å². The number of aryl methyl sites for hydroxylation is 2. The van der Waals surface area contributed by atoms with Crippen LogP contribution in [0, 0.1) is 5.82 Å². The molecule has 8 heteroatoms. The first kappa shape index (κ1) is 20.6. The summed E-state index contributed by atoms with van der Waals surface area (Å²) in [6, 6.07) is 8.96. The summed E-state index contributed by atoms with van der Waals surface area (Å²) in [5.41, 5.74) is 9.00. The predicted molar refractivity (Wildman–Crippen MR) is 123 cm³/mol. The molecule has 0 radical (unpaired) electrons. The third-order valence-corrected chi connectivity index (χ3v) is 6.30. The highest BCUT2D eigenvalue weighted by atomic mass is 19.1. The van der Waals surface area contributed by atoms with Gasteiger partial charge < -0.3 is 19.8 Å². The zero-order valence-electron chi connectivity index (χ0n) is 18.4. The number of nitrogens with two attached hydrogens (primary N) is 1. The Bertz CT molecular complexity index is 1320. The van der Waals surface area contributed by atoms with Gasteiger partial charge in [0.2, 0.25) is 0 Å². The first-order valence-electron chi connectivity index (χ1n) is 11.2. The molecule has 32 heavy (non-hydrogen) atoms. The SMILES string of the molecule is CCn1c(-c2nc3cc(C(=O)N4CCCC(N)C4)cc(F)c3n2CC)cc2cccnc21. The molecule has 0 saturated carbocycles. The molecule has 7 nitrogen and oxygen atoms in total. The van der Waals surface area contributed by atoms with Crippen LogP contribution in [0.2, 0.25) is 0 Å².